The quantitative estimate of drug-likeness (QED) is 0.897. The van der Waals surface area contributed by atoms with Crippen LogP contribution in [0.4, 0.5) is 0 Å². The fourth-order valence-corrected chi connectivity index (χ4v) is 4.85. The molecule has 0 unspecified atom stereocenters. The van der Waals surface area contributed by atoms with Gasteiger partial charge >= 0.3 is 0 Å². The van der Waals surface area contributed by atoms with Crippen LogP contribution in [0.2, 0.25) is 10.0 Å². The van der Waals surface area contributed by atoms with E-state index < -0.39 is 10.0 Å². The van der Waals surface area contributed by atoms with E-state index >= 15 is 0 Å². The molecule has 1 aromatic rings. The molecule has 0 aromatic heterocycles. The second-order valence-corrected chi connectivity index (χ2v) is 7.71. The lowest BCUT2D eigenvalue weighted by Gasteiger charge is -2.14. The maximum Gasteiger partial charge on any atom is 0.244 e. The Labute approximate surface area is 119 Å². The van der Waals surface area contributed by atoms with Gasteiger partial charge in [-0.05, 0) is 31.9 Å². The highest BCUT2D eigenvalue weighted by Crippen LogP contribution is 2.38. The van der Waals surface area contributed by atoms with Gasteiger partial charge in [0.25, 0.3) is 0 Å². The smallest absolute Gasteiger partial charge is 0.207 e. The fraction of sp³-hybridized carbons (Fsp3) is 0.400. The molecule has 1 N–H and O–H groups in total. The summed E-state index contributed by atoms with van der Waals surface area (Å²) in [5, 5.41) is 0.224. The van der Waals surface area contributed by atoms with Crippen molar-refractivity contribution in [2.75, 3.05) is 0 Å². The average molecular weight is 359 g/mol. The summed E-state index contributed by atoms with van der Waals surface area (Å²) < 4.78 is 27.5. The summed E-state index contributed by atoms with van der Waals surface area (Å²) in [5.74, 6) is 0. The summed E-state index contributed by atoms with van der Waals surface area (Å²) in [6.45, 7) is 1.85. The summed E-state index contributed by atoms with van der Waals surface area (Å²) in [4.78, 5) is -0.0582. The van der Waals surface area contributed by atoms with Crippen molar-refractivity contribution in [3.05, 3.63) is 26.7 Å². The van der Waals surface area contributed by atoms with Gasteiger partial charge < -0.3 is 0 Å². The first kappa shape index (κ1) is 13.6. The van der Waals surface area contributed by atoms with Crippen molar-refractivity contribution in [3.63, 3.8) is 0 Å². The van der Waals surface area contributed by atoms with Gasteiger partial charge in [-0.15, -0.1) is 0 Å². The standard InChI is InChI=1S/C10H10BrCl2NO2S/c1-10(2-3-10)14-17(15,16)9-7(12)4-6(11)5-8(9)13/h4-5,14H,2-3H2,1H3. The molecule has 0 saturated heterocycles. The highest BCUT2D eigenvalue weighted by Gasteiger charge is 2.42. The van der Waals surface area contributed by atoms with Crippen LogP contribution in [0.15, 0.2) is 21.5 Å². The van der Waals surface area contributed by atoms with Crippen LogP contribution < -0.4 is 4.72 Å². The van der Waals surface area contributed by atoms with Crippen LogP contribution in [0.25, 0.3) is 0 Å². The number of halogens is 3. The largest absolute Gasteiger partial charge is 0.244 e. The van der Waals surface area contributed by atoms with Crippen LogP contribution in [-0.4, -0.2) is 14.0 Å². The van der Waals surface area contributed by atoms with Gasteiger partial charge in [-0.25, -0.2) is 13.1 Å². The van der Waals surface area contributed by atoms with Gasteiger partial charge in [0.15, 0.2) is 0 Å². The molecule has 17 heavy (non-hydrogen) atoms. The summed E-state index contributed by atoms with van der Waals surface area (Å²) in [7, 11) is -3.67. The minimum absolute atomic E-state index is 0.0582. The predicted octanol–water partition coefficient (Wildman–Crippen LogP) is 3.59. The Morgan fingerprint density at radius 2 is 1.76 bits per heavy atom. The highest BCUT2D eigenvalue weighted by atomic mass is 79.9. The van der Waals surface area contributed by atoms with Gasteiger partial charge in [-0.1, -0.05) is 39.1 Å². The lowest BCUT2D eigenvalue weighted by atomic mass is 10.4. The Hall–Kier alpha value is 0.190. The van der Waals surface area contributed by atoms with Crippen molar-refractivity contribution in [2.45, 2.75) is 30.2 Å². The maximum absolute atomic E-state index is 12.1. The van der Waals surface area contributed by atoms with E-state index in [0.717, 1.165) is 12.8 Å². The van der Waals surface area contributed by atoms with E-state index in [4.69, 9.17) is 23.2 Å². The summed E-state index contributed by atoms with van der Waals surface area (Å²) in [6.07, 6.45) is 1.66. The van der Waals surface area contributed by atoms with Crippen LogP contribution in [0, 0.1) is 0 Å². The molecule has 1 aromatic carbocycles. The Morgan fingerprint density at radius 1 is 1.29 bits per heavy atom. The zero-order valence-electron chi connectivity index (χ0n) is 8.93. The van der Waals surface area contributed by atoms with Crippen molar-refractivity contribution < 1.29 is 8.42 Å². The van der Waals surface area contributed by atoms with E-state index in [-0.39, 0.29) is 20.5 Å². The van der Waals surface area contributed by atoms with Crippen molar-refractivity contribution in [1.82, 2.24) is 4.72 Å². The van der Waals surface area contributed by atoms with Crippen LogP contribution >= 0.6 is 39.1 Å². The van der Waals surface area contributed by atoms with E-state index in [1.807, 2.05) is 6.92 Å². The third-order valence-corrected chi connectivity index (χ3v) is 5.63. The molecule has 1 aliphatic carbocycles. The van der Waals surface area contributed by atoms with Gasteiger partial charge in [-0.2, -0.15) is 0 Å². The third-order valence-electron chi connectivity index (χ3n) is 2.61. The molecule has 7 heteroatoms. The first-order valence-electron chi connectivity index (χ1n) is 4.92. The zero-order valence-corrected chi connectivity index (χ0v) is 12.8. The molecular weight excluding hydrogens is 349 g/mol. The Bertz CT molecular complexity index is 547. The van der Waals surface area contributed by atoms with E-state index in [1.165, 1.54) is 12.1 Å². The SMILES string of the molecule is CC1(NS(=O)(=O)c2c(Cl)cc(Br)cc2Cl)CC1. The molecule has 3 nitrogen and oxygen atoms in total. The van der Waals surface area contributed by atoms with E-state index in [1.54, 1.807) is 0 Å². The first-order chi connectivity index (χ1) is 7.73. The molecule has 1 aliphatic rings. The normalized spacial score (nSPS) is 18.1. The number of rotatable bonds is 3. The minimum atomic E-state index is -3.67. The molecule has 0 radical (unpaired) electrons. The zero-order chi connectivity index (χ0) is 12.8. The summed E-state index contributed by atoms with van der Waals surface area (Å²) >= 11 is 15.1. The van der Waals surface area contributed by atoms with E-state index in [9.17, 15) is 8.42 Å². The van der Waals surface area contributed by atoms with Gasteiger partial charge in [0.1, 0.15) is 4.90 Å². The molecule has 2 rings (SSSR count). The third kappa shape index (κ3) is 2.96. The second-order valence-electron chi connectivity index (χ2n) is 4.36. The lowest BCUT2D eigenvalue weighted by Crippen LogP contribution is -2.34. The van der Waals surface area contributed by atoms with Gasteiger partial charge in [0, 0.05) is 10.0 Å². The Balaban J connectivity index is 2.46. The van der Waals surface area contributed by atoms with Gasteiger partial charge in [-0.3, -0.25) is 0 Å². The van der Waals surface area contributed by atoms with E-state index in [2.05, 4.69) is 20.7 Å². The van der Waals surface area contributed by atoms with E-state index in [0.29, 0.717) is 4.47 Å². The summed E-state index contributed by atoms with van der Waals surface area (Å²) in [5.41, 5.74) is -0.349. The van der Waals surface area contributed by atoms with Crippen LogP contribution in [0.5, 0.6) is 0 Å². The van der Waals surface area contributed by atoms with Crippen LogP contribution in [0.3, 0.4) is 0 Å². The number of benzene rings is 1. The number of hydrogen-bond acceptors (Lipinski definition) is 2. The van der Waals surface area contributed by atoms with Crippen molar-refractivity contribution in [2.24, 2.45) is 0 Å². The fourth-order valence-electron chi connectivity index (χ4n) is 1.45. The molecule has 1 fully saturated rings. The lowest BCUT2D eigenvalue weighted by molar-refractivity contribution is 0.558. The molecule has 0 atom stereocenters. The van der Waals surface area contributed by atoms with Crippen molar-refractivity contribution >= 4 is 49.2 Å². The molecule has 1 saturated carbocycles. The molecule has 0 amide bonds. The highest BCUT2D eigenvalue weighted by molar-refractivity contribution is 9.10. The van der Waals surface area contributed by atoms with Crippen LogP contribution in [0.1, 0.15) is 19.8 Å². The molecule has 0 bridgehead atoms. The number of sulfonamides is 1. The molecule has 0 aliphatic heterocycles. The molecule has 0 spiro atoms. The first-order valence-corrected chi connectivity index (χ1v) is 7.95. The van der Waals surface area contributed by atoms with Crippen molar-refractivity contribution in [1.29, 1.82) is 0 Å². The van der Waals surface area contributed by atoms with Crippen LogP contribution in [-0.2, 0) is 10.0 Å². The number of nitrogens with one attached hydrogen (secondary N) is 1. The molecular formula is C10H10BrCl2NO2S. The average Bonchev–Trinajstić information content (AvgIpc) is 2.78. The van der Waals surface area contributed by atoms with Gasteiger partial charge in [0.05, 0.1) is 10.0 Å². The van der Waals surface area contributed by atoms with Crippen molar-refractivity contribution in [3.8, 4) is 0 Å². The molecule has 94 valence electrons. The second kappa shape index (κ2) is 4.38. The topological polar surface area (TPSA) is 46.2 Å². The predicted molar refractivity (Wildman–Crippen MR) is 72.1 cm³/mol. The number of hydrogen-bond donors (Lipinski definition) is 1. The van der Waals surface area contributed by atoms with Gasteiger partial charge in [0.2, 0.25) is 10.0 Å². The Kier molecular flexibility index (Phi) is 3.51. The summed E-state index contributed by atoms with van der Waals surface area (Å²) in [6, 6.07) is 3.02. The Morgan fingerprint density at radius 3 is 2.18 bits per heavy atom. The monoisotopic (exact) mass is 357 g/mol. The minimum Gasteiger partial charge on any atom is -0.207 e. The molecule has 0 heterocycles. The maximum atomic E-state index is 12.1.